The van der Waals surface area contributed by atoms with Gasteiger partial charge in [-0.15, -0.1) is 0 Å². The second-order valence-electron chi connectivity index (χ2n) is 4.67. The zero-order valence-corrected chi connectivity index (χ0v) is 14.6. The van der Waals surface area contributed by atoms with Crippen LogP contribution >= 0.6 is 0 Å². The molecule has 0 aliphatic heterocycles. The van der Waals surface area contributed by atoms with Gasteiger partial charge in [0.05, 0.1) is 5.56 Å². The van der Waals surface area contributed by atoms with Crippen LogP contribution in [0.1, 0.15) is 31.8 Å². The zero-order chi connectivity index (χ0) is 16.2. The number of carbonyl (C=O) groups excluding carboxylic acids is 2. The normalized spacial score (nSPS) is 13.1. The first-order valence-electron chi connectivity index (χ1n) is 5.98. The van der Waals surface area contributed by atoms with E-state index in [4.69, 9.17) is 4.55 Å². The average Bonchev–Trinajstić information content (AvgIpc) is 2.46. The van der Waals surface area contributed by atoms with Gasteiger partial charge < -0.3 is 10.2 Å². The third-order valence-electron chi connectivity index (χ3n) is 3.41. The van der Waals surface area contributed by atoms with Gasteiger partial charge in [-0.2, -0.15) is 8.42 Å². The molecule has 0 aromatic heterocycles. The van der Waals surface area contributed by atoms with Crippen LogP contribution in [0.3, 0.4) is 0 Å². The Kier molecular flexibility index (Phi) is 4.40. The number of aromatic hydroxyl groups is 2. The Hall–Kier alpha value is -1.71. The SMILES string of the molecule is O=C1c2ccccc2C(=O)c2c1cc(S(=O)(=O)O)c(O)c2O.[Na]. The molecular weight excluding hydrogens is 335 g/mol. The quantitative estimate of drug-likeness (QED) is 0.337. The van der Waals surface area contributed by atoms with Crippen LogP contribution in [-0.4, -0.2) is 64.3 Å². The minimum Gasteiger partial charge on any atom is -0.504 e. The second-order valence-corrected chi connectivity index (χ2v) is 6.06. The molecule has 0 bridgehead atoms. The van der Waals surface area contributed by atoms with E-state index in [1.165, 1.54) is 24.3 Å². The number of benzene rings is 2. The molecule has 23 heavy (non-hydrogen) atoms. The third-order valence-corrected chi connectivity index (χ3v) is 4.27. The van der Waals surface area contributed by atoms with E-state index in [2.05, 4.69) is 0 Å². The first-order chi connectivity index (χ1) is 10.2. The summed E-state index contributed by atoms with van der Waals surface area (Å²) in [5, 5.41) is 19.6. The maximum atomic E-state index is 12.4. The van der Waals surface area contributed by atoms with Crippen molar-refractivity contribution in [3.63, 3.8) is 0 Å². The summed E-state index contributed by atoms with van der Waals surface area (Å²) >= 11 is 0. The molecule has 1 radical (unpaired) electrons. The average molecular weight is 343 g/mol. The minimum atomic E-state index is -4.88. The summed E-state index contributed by atoms with van der Waals surface area (Å²) in [5.41, 5.74) is -0.805. The molecule has 1 aliphatic carbocycles. The summed E-state index contributed by atoms with van der Waals surface area (Å²) in [7, 11) is -4.88. The monoisotopic (exact) mass is 343 g/mol. The molecule has 0 unspecified atom stereocenters. The van der Waals surface area contributed by atoms with Crippen molar-refractivity contribution in [2.24, 2.45) is 0 Å². The number of rotatable bonds is 1. The van der Waals surface area contributed by atoms with Crippen LogP contribution in [0.15, 0.2) is 35.2 Å². The molecule has 2 aromatic rings. The molecule has 0 saturated carbocycles. The topological polar surface area (TPSA) is 129 Å². The van der Waals surface area contributed by atoms with Crippen LogP contribution < -0.4 is 0 Å². The van der Waals surface area contributed by atoms with E-state index in [0.717, 1.165) is 0 Å². The van der Waals surface area contributed by atoms with Gasteiger partial charge in [0.15, 0.2) is 23.1 Å². The molecule has 0 saturated heterocycles. The molecule has 0 amide bonds. The van der Waals surface area contributed by atoms with E-state index in [0.29, 0.717) is 6.07 Å². The van der Waals surface area contributed by atoms with Crippen LogP contribution in [-0.2, 0) is 10.1 Å². The summed E-state index contributed by atoms with van der Waals surface area (Å²) in [6, 6.07) is 6.49. The zero-order valence-electron chi connectivity index (χ0n) is 11.8. The van der Waals surface area contributed by atoms with Gasteiger partial charge in [-0.3, -0.25) is 14.1 Å². The second kappa shape index (κ2) is 5.73. The van der Waals surface area contributed by atoms with Crippen molar-refractivity contribution in [1.82, 2.24) is 0 Å². The number of fused-ring (bicyclic) bond motifs is 2. The van der Waals surface area contributed by atoms with Gasteiger partial charge in [-0.05, 0) is 6.07 Å². The predicted octanol–water partition coefficient (Wildman–Crippen LogP) is 0.739. The molecule has 7 nitrogen and oxygen atoms in total. The fourth-order valence-corrected chi connectivity index (χ4v) is 3.01. The molecule has 0 fully saturated rings. The Morgan fingerprint density at radius 1 is 0.826 bits per heavy atom. The maximum absolute atomic E-state index is 12.4. The number of carbonyl (C=O) groups is 2. The van der Waals surface area contributed by atoms with Gasteiger partial charge in [0.1, 0.15) is 4.90 Å². The Bertz CT molecular complexity index is 963. The predicted molar refractivity (Wildman–Crippen MR) is 78.6 cm³/mol. The summed E-state index contributed by atoms with van der Waals surface area (Å²) in [6.07, 6.45) is 0. The van der Waals surface area contributed by atoms with Crippen molar-refractivity contribution in [1.29, 1.82) is 0 Å². The van der Waals surface area contributed by atoms with Gasteiger partial charge in [0, 0.05) is 46.2 Å². The minimum absolute atomic E-state index is 0. The first-order valence-corrected chi connectivity index (χ1v) is 7.42. The van der Waals surface area contributed by atoms with Gasteiger partial charge in [-0.1, -0.05) is 24.3 Å². The van der Waals surface area contributed by atoms with E-state index in [-0.39, 0.29) is 40.7 Å². The van der Waals surface area contributed by atoms with E-state index in [1.54, 1.807) is 0 Å². The van der Waals surface area contributed by atoms with Gasteiger partial charge in [0.25, 0.3) is 10.1 Å². The molecular formula is C14H8NaO7S. The molecule has 0 spiro atoms. The standard InChI is InChI=1S/C14H8O7S.Na/c15-11-6-3-1-2-4-7(6)12(16)10-8(11)5-9(22(19,20)21)13(17)14(10)18;/h1-5,17-18H,(H,19,20,21);. The number of hydrogen-bond donors (Lipinski definition) is 3. The Morgan fingerprint density at radius 3 is 1.87 bits per heavy atom. The fourth-order valence-electron chi connectivity index (χ4n) is 2.40. The Labute approximate surface area is 152 Å². The van der Waals surface area contributed by atoms with Crippen molar-refractivity contribution in [3.05, 3.63) is 52.6 Å². The van der Waals surface area contributed by atoms with Crippen LogP contribution in [0.25, 0.3) is 0 Å². The van der Waals surface area contributed by atoms with Crippen LogP contribution in [0.5, 0.6) is 11.5 Å². The number of phenolic OH excluding ortho intramolecular Hbond substituents is 2. The largest absolute Gasteiger partial charge is 0.504 e. The molecule has 3 rings (SSSR count). The molecule has 3 N–H and O–H groups in total. The molecule has 9 heteroatoms. The Morgan fingerprint density at radius 2 is 1.35 bits per heavy atom. The van der Waals surface area contributed by atoms with Gasteiger partial charge in [0.2, 0.25) is 0 Å². The van der Waals surface area contributed by atoms with Crippen LogP contribution in [0.2, 0.25) is 0 Å². The number of hydrogen-bond acceptors (Lipinski definition) is 6. The van der Waals surface area contributed by atoms with Crippen LogP contribution in [0, 0.1) is 0 Å². The first kappa shape index (κ1) is 17.6. The Balaban J connectivity index is 0.00000192. The molecule has 0 atom stereocenters. The number of phenols is 2. The van der Waals surface area contributed by atoms with Crippen molar-refractivity contribution in [3.8, 4) is 11.5 Å². The smallest absolute Gasteiger partial charge is 0.298 e. The van der Waals surface area contributed by atoms with Gasteiger partial charge >= 0.3 is 0 Å². The molecule has 0 heterocycles. The summed E-state index contributed by atoms with van der Waals surface area (Å²) < 4.78 is 31.5. The maximum Gasteiger partial charge on any atom is 0.298 e. The number of ketones is 2. The molecule has 1 aliphatic rings. The molecule has 2 aromatic carbocycles. The summed E-state index contributed by atoms with van der Waals surface area (Å²) in [6.45, 7) is 0. The van der Waals surface area contributed by atoms with E-state index in [1.807, 2.05) is 0 Å². The summed E-state index contributed by atoms with van der Waals surface area (Å²) in [4.78, 5) is 23.7. The van der Waals surface area contributed by atoms with Crippen molar-refractivity contribution < 1.29 is 32.8 Å². The fraction of sp³-hybridized carbons (Fsp3) is 0. The third kappa shape index (κ3) is 2.58. The van der Waals surface area contributed by atoms with Gasteiger partial charge in [-0.25, -0.2) is 0 Å². The van der Waals surface area contributed by atoms with E-state index in [9.17, 15) is 28.2 Å². The van der Waals surface area contributed by atoms with E-state index < -0.39 is 49.2 Å². The van der Waals surface area contributed by atoms with Crippen LogP contribution in [0.4, 0.5) is 0 Å². The summed E-state index contributed by atoms with van der Waals surface area (Å²) in [5.74, 6) is -3.65. The van der Waals surface area contributed by atoms with Crippen molar-refractivity contribution >= 4 is 51.2 Å². The van der Waals surface area contributed by atoms with E-state index >= 15 is 0 Å². The van der Waals surface area contributed by atoms with Crippen molar-refractivity contribution in [2.45, 2.75) is 4.90 Å². The molecule has 113 valence electrons. The van der Waals surface area contributed by atoms with Crippen molar-refractivity contribution in [2.75, 3.05) is 0 Å².